The lowest BCUT2D eigenvalue weighted by Crippen LogP contribution is -2.24. The first-order valence-corrected chi connectivity index (χ1v) is 10.8. The van der Waals surface area contributed by atoms with E-state index in [2.05, 4.69) is 18.8 Å². The zero-order valence-electron chi connectivity index (χ0n) is 18.6. The number of carboxylic acid groups (broad SMARTS) is 1. The van der Waals surface area contributed by atoms with Crippen LogP contribution in [0.15, 0.2) is 67.0 Å². The van der Waals surface area contributed by atoms with E-state index in [1.807, 2.05) is 29.0 Å². The molecule has 5 rings (SSSR count). The van der Waals surface area contributed by atoms with Gasteiger partial charge in [-0.05, 0) is 66.9 Å². The third kappa shape index (κ3) is 3.73. The van der Waals surface area contributed by atoms with Crippen LogP contribution in [0.5, 0.6) is 0 Å². The van der Waals surface area contributed by atoms with Crippen LogP contribution < -0.4 is 4.90 Å². The molecule has 0 spiro atoms. The highest BCUT2D eigenvalue weighted by atomic mass is 19.1. The van der Waals surface area contributed by atoms with Gasteiger partial charge in [0.2, 0.25) is 0 Å². The SMILES string of the molecule is CC(C)n1ccnc1-c1cccc(N2Cc3ccc(-c4cc(F)cc(C(=O)O)c4)cc3C2=O)n1. The summed E-state index contributed by atoms with van der Waals surface area (Å²) in [6.45, 7) is 4.48. The van der Waals surface area contributed by atoms with Crippen LogP contribution in [0, 0.1) is 5.82 Å². The number of fused-ring (bicyclic) bond motifs is 1. The van der Waals surface area contributed by atoms with Crippen LogP contribution in [-0.4, -0.2) is 31.5 Å². The lowest BCUT2D eigenvalue weighted by Gasteiger charge is -2.16. The summed E-state index contributed by atoms with van der Waals surface area (Å²) in [4.78, 5) is 35.3. The molecule has 0 unspecified atom stereocenters. The second-order valence-corrected chi connectivity index (χ2v) is 8.43. The van der Waals surface area contributed by atoms with Crippen molar-refractivity contribution in [2.24, 2.45) is 0 Å². The van der Waals surface area contributed by atoms with Crippen molar-refractivity contribution in [3.8, 4) is 22.6 Å². The molecule has 2 aromatic heterocycles. The molecule has 7 nitrogen and oxygen atoms in total. The number of carbonyl (C=O) groups is 2. The van der Waals surface area contributed by atoms with Crippen LogP contribution in [0.2, 0.25) is 0 Å². The smallest absolute Gasteiger partial charge is 0.335 e. The highest BCUT2D eigenvalue weighted by molar-refractivity contribution is 6.10. The number of carbonyl (C=O) groups excluding carboxylic acids is 1. The number of halogens is 1. The summed E-state index contributed by atoms with van der Waals surface area (Å²) in [5, 5.41) is 9.24. The van der Waals surface area contributed by atoms with Crippen LogP contribution in [0.4, 0.5) is 10.2 Å². The number of anilines is 1. The lowest BCUT2D eigenvalue weighted by atomic mass is 9.99. The number of benzene rings is 2. The number of hydrogen-bond acceptors (Lipinski definition) is 4. The monoisotopic (exact) mass is 456 g/mol. The first-order valence-electron chi connectivity index (χ1n) is 10.8. The summed E-state index contributed by atoms with van der Waals surface area (Å²) in [6, 6.07) is 14.6. The molecule has 0 saturated carbocycles. The van der Waals surface area contributed by atoms with E-state index in [0.29, 0.717) is 34.7 Å². The quantitative estimate of drug-likeness (QED) is 0.446. The van der Waals surface area contributed by atoms with Gasteiger partial charge in [0.15, 0.2) is 5.82 Å². The Kier molecular flexibility index (Phi) is 5.20. The van der Waals surface area contributed by atoms with Crippen molar-refractivity contribution in [3.05, 3.63) is 89.5 Å². The van der Waals surface area contributed by atoms with Crippen molar-refractivity contribution in [2.75, 3.05) is 4.90 Å². The Labute approximate surface area is 195 Å². The fraction of sp³-hybridized carbons (Fsp3) is 0.154. The number of rotatable bonds is 5. The van der Waals surface area contributed by atoms with Crippen molar-refractivity contribution in [3.63, 3.8) is 0 Å². The Balaban J connectivity index is 1.48. The zero-order valence-corrected chi connectivity index (χ0v) is 18.6. The Hall–Kier alpha value is -4.33. The number of hydrogen-bond donors (Lipinski definition) is 1. The van der Waals surface area contributed by atoms with Crippen molar-refractivity contribution in [2.45, 2.75) is 26.4 Å². The van der Waals surface area contributed by atoms with Gasteiger partial charge in [0, 0.05) is 24.0 Å². The number of aromatic carboxylic acids is 1. The topological polar surface area (TPSA) is 88.3 Å². The van der Waals surface area contributed by atoms with Gasteiger partial charge in [-0.25, -0.2) is 19.2 Å². The van der Waals surface area contributed by atoms with Crippen molar-refractivity contribution in [1.29, 1.82) is 0 Å². The molecular weight excluding hydrogens is 435 g/mol. The first-order chi connectivity index (χ1) is 16.3. The average molecular weight is 456 g/mol. The number of imidazole rings is 1. The van der Waals surface area contributed by atoms with Crippen molar-refractivity contribution < 1.29 is 19.1 Å². The Bertz CT molecular complexity index is 1440. The Morgan fingerprint density at radius 3 is 2.68 bits per heavy atom. The van der Waals surface area contributed by atoms with Crippen LogP contribution in [0.25, 0.3) is 22.6 Å². The van der Waals surface area contributed by atoms with Gasteiger partial charge in [0.25, 0.3) is 5.91 Å². The minimum absolute atomic E-state index is 0.149. The third-order valence-electron chi connectivity index (χ3n) is 5.86. The molecule has 1 aliphatic rings. The van der Waals surface area contributed by atoms with Gasteiger partial charge in [-0.2, -0.15) is 0 Å². The number of aromatic nitrogens is 3. The molecule has 0 radical (unpaired) electrons. The highest BCUT2D eigenvalue weighted by Crippen LogP contribution is 2.32. The third-order valence-corrected chi connectivity index (χ3v) is 5.86. The van der Waals surface area contributed by atoms with E-state index in [1.165, 1.54) is 12.1 Å². The molecule has 0 saturated heterocycles. The van der Waals surface area contributed by atoms with Crippen LogP contribution in [-0.2, 0) is 6.54 Å². The molecule has 1 amide bonds. The molecule has 0 bridgehead atoms. The molecular formula is C26H21FN4O3. The summed E-state index contributed by atoms with van der Waals surface area (Å²) in [5.74, 6) is -0.845. The zero-order chi connectivity index (χ0) is 24.0. The summed E-state index contributed by atoms with van der Waals surface area (Å²) in [7, 11) is 0. The molecule has 1 N–H and O–H groups in total. The normalized spacial score (nSPS) is 12.9. The number of pyridine rings is 1. The van der Waals surface area contributed by atoms with Gasteiger partial charge in [-0.1, -0.05) is 18.2 Å². The minimum atomic E-state index is -1.21. The van der Waals surface area contributed by atoms with Crippen molar-refractivity contribution >= 4 is 17.7 Å². The summed E-state index contributed by atoms with van der Waals surface area (Å²) >= 11 is 0. The van der Waals surface area contributed by atoms with Gasteiger partial charge in [0.05, 0.1) is 12.1 Å². The molecule has 0 atom stereocenters. The predicted molar refractivity (Wildman–Crippen MR) is 125 cm³/mol. The summed E-state index contributed by atoms with van der Waals surface area (Å²) in [6.07, 6.45) is 3.62. The Morgan fingerprint density at radius 1 is 1.09 bits per heavy atom. The Morgan fingerprint density at radius 2 is 1.91 bits per heavy atom. The van der Waals surface area contributed by atoms with E-state index >= 15 is 0 Å². The van der Waals surface area contributed by atoms with E-state index in [1.54, 1.807) is 29.3 Å². The average Bonchev–Trinajstić information content (AvgIpc) is 3.44. The number of amides is 1. The maximum Gasteiger partial charge on any atom is 0.335 e. The van der Waals surface area contributed by atoms with E-state index in [4.69, 9.17) is 4.98 Å². The van der Waals surface area contributed by atoms with E-state index in [9.17, 15) is 19.1 Å². The van der Waals surface area contributed by atoms with Gasteiger partial charge in [-0.15, -0.1) is 0 Å². The second kappa shape index (κ2) is 8.22. The molecule has 2 aromatic carbocycles. The maximum atomic E-state index is 14.0. The van der Waals surface area contributed by atoms with Crippen LogP contribution in [0.3, 0.4) is 0 Å². The molecule has 8 heteroatoms. The van der Waals surface area contributed by atoms with E-state index in [-0.39, 0.29) is 17.5 Å². The lowest BCUT2D eigenvalue weighted by molar-refractivity contribution is 0.0696. The largest absolute Gasteiger partial charge is 0.478 e. The maximum absolute atomic E-state index is 14.0. The standard InChI is InChI=1S/C26H21FN4O3/c1-15(2)30-9-8-28-24(30)22-4-3-5-23(29-22)31-14-17-7-6-16(13-21(17)25(31)32)18-10-19(26(33)34)12-20(27)11-18/h3-13,15H,14H2,1-2H3,(H,33,34). The fourth-order valence-electron chi connectivity index (χ4n) is 4.17. The summed E-state index contributed by atoms with van der Waals surface area (Å²) in [5.41, 5.74) is 2.78. The van der Waals surface area contributed by atoms with E-state index in [0.717, 1.165) is 17.5 Å². The van der Waals surface area contributed by atoms with Crippen LogP contribution >= 0.6 is 0 Å². The summed E-state index contributed by atoms with van der Waals surface area (Å²) < 4.78 is 16.0. The molecule has 0 fully saturated rings. The second-order valence-electron chi connectivity index (χ2n) is 8.43. The van der Waals surface area contributed by atoms with Gasteiger partial charge in [0.1, 0.15) is 17.3 Å². The fourth-order valence-corrected chi connectivity index (χ4v) is 4.17. The van der Waals surface area contributed by atoms with Gasteiger partial charge in [-0.3, -0.25) is 9.69 Å². The van der Waals surface area contributed by atoms with E-state index < -0.39 is 11.8 Å². The molecule has 4 aromatic rings. The molecule has 170 valence electrons. The van der Waals surface area contributed by atoms with Crippen molar-refractivity contribution in [1.82, 2.24) is 14.5 Å². The minimum Gasteiger partial charge on any atom is -0.478 e. The molecule has 3 heterocycles. The van der Waals surface area contributed by atoms with Crippen LogP contribution in [0.1, 0.15) is 46.2 Å². The first kappa shape index (κ1) is 21.5. The molecule has 0 aliphatic carbocycles. The van der Waals surface area contributed by atoms with Gasteiger partial charge >= 0.3 is 5.97 Å². The van der Waals surface area contributed by atoms with Gasteiger partial charge < -0.3 is 9.67 Å². The predicted octanol–water partition coefficient (Wildman–Crippen LogP) is 5.19. The molecule has 34 heavy (non-hydrogen) atoms. The molecule has 1 aliphatic heterocycles. The number of carboxylic acids is 1. The number of nitrogens with zero attached hydrogens (tertiary/aromatic N) is 4. The highest BCUT2D eigenvalue weighted by Gasteiger charge is 2.30.